The number of hydrogen-bond acceptors (Lipinski definition) is 8. The fourth-order valence-corrected chi connectivity index (χ4v) is 3.70. The van der Waals surface area contributed by atoms with Crippen LogP contribution in [-0.4, -0.2) is 83.1 Å². The number of piperazine rings is 2. The molecule has 4 heterocycles. The molecule has 2 aromatic rings. The van der Waals surface area contributed by atoms with Gasteiger partial charge in [0.2, 0.25) is 11.9 Å². The van der Waals surface area contributed by atoms with Gasteiger partial charge in [0.15, 0.2) is 0 Å². The van der Waals surface area contributed by atoms with Crippen LogP contribution in [0, 0.1) is 6.92 Å². The van der Waals surface area contributed by atoms with Crippen LogP contribution in [0.3, 0.4) is 0 Å². The van der Waals surface area contributed by atoms with Crippen LogP contribution in [0.2, 0.25) is 0 Å². The van der Waals surface area contributed by atoms with Crippen molar-refractivity contribution in [1.29, 1.82) is 0 Å². The van der Waals surface area contributed by atoms with E-state index in [9.17, 15) is 4.79 Å². The number of rotatable bonds is 3. The smallest absolute Gasteiger partial charge is 0.225 e. The van der Waals surface area contributed by atoms with Crippen LogP contribution in [0.1, 0.15) is 12.7 Å². The minimum atomic E-state index is 0.138. The molecule has 0 aromatic carbocycles. The lowest BCUT2D eigenvalue weighted by atomic mass is 10.3. The normalized spacial score (nSPS) is 17.8. The minimum absolute atomic E-state index is 0.138. The summed E-state index contributed by atoms with van der Waals surface area (Å²) < 4.78 is 0. The molecular weight excluding hydrogens is 356 g/mol. The number of hydrogen-bond donors (Lipinski definition) is 0. The molecule has 2 aliphatic heterocycles. The molecule has 4 rings (SSSR count). The highest BCUT2D eigenvalue weighted by atomic mass is 16.2. The molecule has 28 heavy (non-hydrogen) atoms. The van der Waals surface area contributed by atoms with Crippen molar-refractivity contribution < 1.29 is 4.79 Å². The summed E-state index contributed by atoms with van der Waals surface area (Å²) in [5.41, 5.74) is 0. The molecule has 9 nitrogen and oxygen atoms in total. The highest BCUT2D eigenvalue weighted by molar-refractivity contribution is 5.73. The summed E-state index contributed by atoms with van der Waals surface area (Å²) in [5, 5.41) is 0. The summed E-state index contributed by atoms with van der Waals surface area (Å²) in [6.07, 6.45) is 3.56. The van der Waals surface area contributed by atoms with E-state index in [1.807, 2.05) is 17.9 Å². The molecule has 0 atom stereocenters. The second-order valence-corrected chi connectivity index (χ2v) is 7.15. The summed E-state index contributed by atoms with van der Waals surface area (Å²) in [7, 11) is 0. The molecule has 2 saturated heterocycles. The quantitative estimate of drug-likeness (QED) is 0.762. The maximum Gasteiger partial charge on any atom is 0.225 e. The SMILES string of the molecule is CC(=O)N1CCN(c2cc(N3CCN(c4ncccn4)CC3)nc(C)n2)CC1. The molecule has 0 unspecified atom stereocenters. The van der Waals surface area contributed by atoms with Gasteiger partial charge in [0.1, 0.15) is 17.5 Å². The first kappa shape index (κ1) is 18.4. The number of anilines is 3. The van der Waals surface area contributed by atoms with Gasteiger partial charge in [0.25, 0.3) is 0 Å². The van der Waals surface area contributed by atoms with Gasteiger partial charge in [-0.15, -0.1) is 0 Å². The number of nitrogens with zero attached hydrogens (tertiary/aromatic N) is 8. The standard InChI is InChI=1S/C19H26N8O/c1-15-22-17(25-8-6-24(7-9-25)16(2)28)14-18(23-15)26-10-12-27(13-11-26)19-20-4-3-5-21-19/h3-5,14H,6-13H2,1-2H3. The van der Waals surface area contributed by atoms with Gasteiger partial charge in [-0.05, 0) is 13.0 Å². The van der Waals surface area contributed by atoms with Crippen molar-refractivity contribution in [1.82, 2.24) is 24.8 Å². The van der Waals surface area contributed by atoms with Crippen molar-refractivity contribution in [2.24, 2.45) is 0 Å². The maximum atomic E-state index is 11.5. The van der Waals surface area contributed by atoms with Crippen LogP contribution in [0.5, 0.6) is 0 Å². The van der Waals surface area contributed by atoms with E-state index in [0.29, 0.717) is 0 Å². The Morgan fingerprint density at radius 3 is 1.86 bits per heavy atom. The number of carbonyl (C=O) groups excluding carboxylic acids is 1. The van der Waals surface area contributed by atoms with E-state index in [0.717, 1.165) is 75.8 Å². The van der Waals surface area contributed by atoms with Gasteiger partial charge < -0.3 is 19.6 Å². The number of amides is 1. The molecule has 148 valence electrons. The minimum Gasteiger partial charge on any atom is -0.353 e. The Kier molecular flexibility index (Phi) is 5.23. The Bertz CT molecular complexity index is 814. The fraction of sp³-hybridized carbons (Fsp3) is 0.526. The van der Waals surface area contributed by atoms with E-state index in [2.05, 4.69) is 40.7 Å². The van der Waals surface area contributed by atoms with Gasteiger partial charge in [-0.25, -0.2) is 19.9 Å². The van der Waals surface area contributed by atoms with Crippen LogP contribution in [0.15, 0.2) is 24.5 Å². The summed E-state index contributed by atoms with van der Waals surface area (Å²) in [6, 6.07) is 3.91. The highest BCUT2D eigenvalue weighted by Gasteiger charge is 2.23. The first-order valence-corrected chi connectivity index (χ1v) is 9.73. The molecule has 0 bridgehead atoms. The molecule has 2 aliphatic rings. The molecule has 2 fully saturated rings. The Balaban J connectivity index is 1.43. The third-order valence-electron chi connectivity index (χ3n) is 5.30. The van der Waals surface area contributed by atoms with Crippen LogP contribution in [0.25, 0.3) is 0 Å². The number of aromatic nitrogens is 4. The van der Waals surface area contributed by atoms with E-state index in [4.69, 9.17) is 0 Å². The number of carbonyl (C=O) groups is 1. The predicted molar refractivity (Wildman–Crippen MR) is 108 cm³/mol. The van der Waals surface area contributed by atoms with Gasteiger partial charge in [-0.1, -0.05) is 0 Å². The zero-order valence-electron chi connectivity index (χ0n) is 16.5. The lowest BCUT2D eigenvalue weighted by molar-refractivity contribution is -0.129. The van der Waals surface area contributed by atoms with Crippen molar-refractivity contribution in [2.45, 2.75) is 13.8 Å². The van der Waals surface area contributed by atoms with E-state index in [-0.39, 0.29) is 5.91 Å². The lowest BCUT2D eigenvalue weighted by Crippen LogP contribution is -2.49. The van der Waals surface area contributed by atoms with E-state index < -0.39 is 0 Å². The lowest BCUT2D eigenvalue weighted by Gasteiger charge is -2.37. The van der Waals surface area contributed by atoms with Gasteiger partial charge in [0.05, 0.1) is 0 Å². The third kappa shape index (κ3) is 3.97. The molecule has 9 heteroatoms. The average molecular weight is 382 g/mol. The first-order valence-electron chi connectivity index (χ1n) is 9.73. The van der Waals surface area contributed by atoms with Crippen molar-refractivity contribution >= 4 is 23.5 Å². The predicted octanol–water partition coefficient (Wildman–Crippen LogP) is 0.570. The number of aryl methyl sites for hydroxylation is 1. The van der Waals surface area contributed by atoms with E-state index in [1.54, 1.807) is 19.3 Å². The summed E-state index contributed by atoms with van der Waals surface area (Å²) in [4.78, 5) is 38.2. The van der Waals surface area contributed by atoms with Crippen molar-refractivity contribution in [3.8, 4) is 0 Å². The second kappa shape index (κ2) is 7.95. The van der Waals surface area contributed by atoms with Crippen LogP contribution >= 0.6 is 0 Å². The molecular formula is C19H26N8O. The first-order chi connectivity index (χ1) is 13.6. The maximum absolute atomic E-state index is 11.5. The summed E-state index contributed by atoms with van der Waals surface area (Å²) >= 11 is 0. The summed E-state index contributed by atoms with van der Waals surface area (Å²) in [6.45, 7) is 10.1. The Morgan fingerprint density at radius 1 is 0.821 bits per heavy atom. The molecule has 2 aromatic heterocycles. The van der Waals surface area contributed by atoms with Crippen LogP contribution in [0.4, 0.5) is 17.6 Å². The Hall–Kier alpha value is -2.97. The second-order valence-electron chi connectivity index (χ2n) is 7.15. The van der Waals surface area contributed by atoms with Gasteiger partial charge in [-0.3, -0.25) is 4.79 Å². The molecule has 0 radical (unpaired) electrons. The Labute approximate surface area is 165 Å². The van der Waals surface area contributed by atoms with Gasteiger partial charge >= 0.3 is 0 Å². The van der Waals surface area contributed by atoms with Crippen molar-refractivity contribution in [3.05, 3.63) is 30.4 Å². The Morgan fingerprint density at radius 2 is 1.32 bits per heavy atom. The van der Waals surface area contributed by atoms with Gasteiger partial charge in [0, 0.05) is 77.7 Å². The molecule has 0 saturated carbocycles. The monoisotopic (exact) mass is 382 g/mol. The molecule has 0 aliphatic carbocycles. The zero-order chi connectivity index (χ0) is 19.5. The van der Waals surface area contributed by atoms with Crippen molar-refractivity contribution in [2.75, 3.05) is 67.1 Å². The summed E-state index contributed by atoms with van der Waals surface area (Å²) in [5.74, 6) is 3.60. The topological polar surface area (TPSA) is 81.6 Å². The van der Waals surface area contributed by atoms with E-state index >= 15 is 0 Å². The largest absolute Gasteiger partial charge is 0.353 e. The van der Waals surface area contributed by atoms with Gasteiger partial charge in [-0.2, -0.15) is 0 Å². The fourth-order valence-electron chi connectivity index (χ4n) is 3.70. The van der Waals surface area contributed by atoms with Crippen LogP contribution in [-0.2, 0) is 4.79 Å². The average Bonchev–Trinajstić information content (AvgIpc) is 2.74. The third-order valence-corrected chi connectivity index (χ3v) is 5.30. The molecule has 1 amide bonds. The van der Waals surface area contributed by atoms with Crippen LogP contribution < -0.4 is 14.7 Å². The highest BCUT2D eigenvalue weighted by Crippen LogP contribution is 2.22. The molecule has 0 spiro atoms. The van der Waals surface area contributed by atoms with Crippen molar-refractivity contribution in [3.63, 3.8) is 0 Å². The molecule has 0 N–H and O–H groups in total. The zero-order valence-corrected chi connectivity index (χ0v) is 16.5. The van der Waals surface area contributed by atoms with E-state index in [1.165, 1.54) is 0 Å².